The second-order valence-corrected chi connectivity index (χ2v) is 7.81. The monoisotopic (exact) mass is 324 g/mol. The van der Waals surface area contributed by atoms with Crippen LogP contribution in [0.4, 0.5) is 5.69 Å². The van der Waals surface area contributed by atoms with Gasteiger partial charge in [-0.3, -0.25) is 9.52 Å². The van der Waals surface area contributed by atoms with Crippen molar-refractivity contribution in [1.29, 1.82) is 0 Å². The zero-order valence-corrected chi connectivity index (χ0v) is 14.0. The number of sulfonamides is 1. The van der Waals surface area contributed by atoms with Crippen molar-refractivity contribution in [2.75, 3.05) is 11.0 Å². The molecule has 0 atom stereocenters. The van der Waals surface area contributed by atoms with Crippen LogP contribution in [0.1, 0.15) is 54.4 Å². The van der Waals surface area contributed by atoms with E-state index in [9.17, 15) is 13.2 Å². The summed E-state index contributed by atoms with van der Waals surface area (Å²) in [5.74, 6) is -0.0825. The Balaban J connectivity index is 2.05. The molecule has 2 N–H and O–H groups in total. The lowest BCUT2D eigenvalue weighted by molar-refractivity contribution is 0.0933. The number of carbonyl (C=O) groups excluding carboxylic acids is 1. The summed E-state index contributed by atoms with van der Waals surface area (Å²) in [7, 11) is -3.31. The lowest BCUT2D eigenvalue weighted by Gasteiger charge is -2.17. The second kappa shape index (κ2) is 7.13. The van der Waals surface area contributed by atoms with Gasteiger partial charge in [0.25, 0.3) is 5.91 Å². The van der Waals surface area contributed by atoms with Gasteiger partial charge in [0.05, 0.1) is 11.9 Å². The van der Waals surface area contributed by atoms with E-state index < -0.39 is 10.0 Å². The molecule has 2 rings (SSSR count). The van der Waals surface area contributed by atoms with E-state index in [-0.39, 0.29) is 11.9 Å². The zero-order chi connectivity index (χ0) is 16.2. The van der Waals surface area contributed by atoms with Crippen molar-refractivity contribution in [3.63, 3.8) is 0 Å². The molecule has 22 heavy (non-hydrogen) atoms. The third kappa shape index (κ3) is 5.02. The molecule has 0 aliphatic heterocycles. The van der Waals surface area contributed by atoms with Crippen molar-refractivity contribution in [3.8, 4) is 0 Å². The first kappa shape index (κ1) is 16.8. The molecule has 1 amide bonds. The van der Waals surface area contributed by atoms with Gasteiger partial charge in [-0.25, -0.2) is 8.42 Å². The van der Waals surface area contributed by atoms with Crippen molar-refractivity contribution < 1.29 is 13.2 Å². The summed E-state index contributed by atoms with van der Waals surface area (Å²) in [6.45, 7) is 1.79. The Morgan fingerprint density at radius 1 is 1.14 bits per heavy atom. The number of hydrogen-bond acceptors (Lipinski definition) is 3. The first-order valence-electron chi connectivity index (χ1n) is 7.74. The van der Waals surface area contributed by atoms with E-state index in [0.717, 1.165) is 24.7 Å². The molecule has 1 saturated carbocycles. The van der Waals surface area contributed by atoms with Crippen molar-refractivity contribution in [1.82, 2.24) is 5.32 Å². The molecular formula is C16H24N2O3S. The summed E-state index contributed by atoms with van der Waals surface area (Å²) in [4.78, 5) is 12.3. The van der Waals surface area contributed by atoms with E-state index >= 15 is 0 Å². The molecule has 1 aliphatic carbocycles. The Morgan fingerprint density at radius 2 is 1.77 bits per heavy atom. The van der Waals surface area contributed by atoms with Crippen LogP contribution in [-0.4, -0.2) is 26.6 Å². The third-order valence-corrected chi connectivity index (χ3v) is 4.57. The fraction of sp³-hybridized carbons (Fsp3) is 0.562. The molecule has 5 nitrogen and oxygen atoms in total. The van der Waals surface area contributed by atoms with Crippen molar-refractivity contribution >= 4 is 21.6 Å². The first-order valence-corrected chi connectivity index (χ1v) is 9.63. The highest BCUT2D eigenvalue weighted by atomic mass is 32.2. The zero-order valence-electron chi connectivity index (χ0n) is 13.2. The van der Waals surface area contributed by atoms with Crippen molar-refractivity contribution in [2.45, 2.75) is 51.5 Å². The minimum absolute atomic E-state index is 0.0825. The molecule has 1 aromatic rings. The maximum absolute atomic E-state index is 12.3. The van der Waals surface area contributed by atoms with Crippen LogP contribution in [0.2, 0.25) is 0 Å². The number of hydrogen-bond donors (Lipinski definition) is 2. The summed E-state index contributed by atoms with van der Waals surface area (Å²) in [5.41, 5.74) is 1.81. The molecule has 0 aromatic heterocycles. The molecule has 0 saturated heterocycles. The molecular weight excluding hydrogens is 300 g/mol. The van der Waals surface area contributed by atoms with Crippen LogP contribution >= 0.6 is 0 Å². The van der Waals surface area contributed by atoms with Gasteiger partial charge < -0.3 is 5.32 Å². The Hall–Kier alpha value is -1.56. The first-order chi connectivity index (χ1) is 10.3. The van der Waals surface area contributed by atoms with Gasteiger partial charge in [0.1, 0.15) is 0 Å². The third-order valence-electron chi connectivity index (χ3n) is 3.97. The van der Waals surface area contributed by atoms with Crippen LogP contribution in [0.3, 0.4) is 0 Å². The normalized spacial score (nSPS) is 16.8. The van der Waals surface area contributed by atoms with Crippen LogP contribution in [0.15, 0.2) is 18.2 Å². The average molecular weight is 324 g/mol. The number of benzene rings is 1. The number of rotatable bonds is 4. The molecule has 6 heteroatoms. The molecule has 1 fully saturated rings. The molecule has 0 radical (unpaired) electrons. The quantitative estimate of drug-likeness (QED) is 0.836. The average Bonchev–Trinajstić information content (AvgIpc) is 2.68. The molecule has 0 bridgehead atoms. The largest absolute Gasteiger partial charge is 0.349 e. The summed E-state index contributed by atoms with van der Waals surface area (Å²) >= 11 is 0. The van der Waals surface area contributed by atoms with Gasteiger partial charge in [0.15, 0.2) is 0 Å². The predicted molar refractivity (Wildman–Crippen MR) is 88.6 cm³/mol. The van der Waals surface area contributed by atoms with Gasteiger partial charge in [-0.15, -0.1) is 0 Å². The SMILES string of the molecule is Cc1cc(C(=O)NC2CCCCCC2)ccc1NS(C)(=O)=O. The van der Waals surface area contributed by atoms with Gasteiger partial charge in [0, 0.05) is 11.6 Å². The molecule has 1 aliphatic rings. The summed E-state index contributed by atoms with van der Waals surface area (Å²) in [5, 5.41) is 3.09. The van der Waals surface area contributed by atoms with E-state index in [1.807, 2.05) is 0 Å². The Labute approximate surface area is 132 Å². The van der Waals surface area contributed by atoms with Crippen LogP contribution in [-0.2, 0) is 10.0 Å². The molecule has 0 unspecified atom stereocenters. The standard InChI is InChI=1S/C16H24N2O3S/c1-12-11-13(9-10-15(12)18-22(2,20)21)16(19)17-14-7-5-3-4-6-8-14/h9-11,14,18H,3-8H2,1-2H3,(H,17,19). The lowest BCUT2D eigenvalue weighted by atomic mass is 10.1. The van der Waals surface area contributed by atoms with E-state index in [2.05, 4.69) is 10.0 Å². The van der Waals surface area contributed by atoms with Gasteiger partial charge in [-0.05, 0) is 43.5 Å². The lowest BCUT2D eigenvalue weighted by Crippen LogP contribution is -2.34. The second-order valence-electron chi connectivity index (χ2n) is 6.07. The van der Waals surface area contributed by atoms with Gasteiger partial charge in [-0.2, -0.15) is 0 Å². The van der Waals surface area contributed by atoms with Crippen LogP contribution in [0.25, 0.3) is 0 Å². The fourth-order valence-electron chi connectivity index (χ4n) is 2.81. The number of nitrogens with one attached hydrogen (secondary N) is 2. The smallest absolute Gasteiger partial charge is 0.251 e. The van der Waals surface area contributed by atoms with Crippen LogP contribution < -0.4 is 10.0 Å². The highest BCUT2D eigenvalue weighted by Crippen LogP contribution is 2.20. The number of carbonyl (C=O) groups is 1. The van der Waals surface area contributed by atoms with Gasteiger partial charge >= 0.3 is 0 Å². The number of anilines is 1. The molecule has 1 aromatic carbocycles. The van der Waals surface area contributed by atoms with Crippen LogP contribution in [0, 0.1) is 6.92 Å². The Morgan fingerprint density at radius 3 is 2.32 bits per heavy atom. The van der Waals surface area contributed by atoms with Crippen molar-refractivity contribution in [3.05, 3.63) is 29.3 Å². The fourth-order valence-corrected chi connectivity index (χ4v) is 3.44. The summed E-state index contributed by atoms with van der Waals surface area (Å²) in [6.07, 6.45) is 8.02. The van der Waals surface area contributed by atoms with Gasteiger partial charge in [0.2, 0.25) is 10.0 Å². The highest BCUT2D eigenvalue weighted by Gasteiger charge is 2.16. The highest BCUT2D eigenvalue weighted by molar-refractivity contribution is 7.92. The minimum atomic E-state index is -3.31. The molecule has 0 spiro atoms. The Bertz CT molecular complexity index is 633. The predicted octanol–water partition coefficient (Wildman–Crippen LogP) is 2.82. The molecule has 122 valence electrons. The van der Waals surface area contributed by atoms with E-state index in [1.165, 1.54) is 25.7 Å². The van der Waals surface area contributed by atoms with Crippen LogP contribution in [0.5, 0.6) is 0 Å². The maximum atomic E-state index is 12.3. The van der Waals surface area contributed by atoms with E-state index in [1.54, 1.807) is 25.1 Å². The maximum Gasteiger partial charge on any atom is 0.251 e. The number of amides is 1. The van der Waals surface area contributed by atoms with Gasteiger partial charge in [-0.1, -0.05) is 25.7 Å². The summed E-state index contributed by atoms with van der Waals surface area (Å²) in [6, 6.07) is 5.27. The topological polar surface area (TPSA) is 75.3 Å². The minimum Gasteiger partial charge on any atom is -0.349 e. The van der Waals surface area contributed by atoms with E-state index in [0.29, 0.717) is 11.3 Å². The molecule has 0 heterocycles. The Kier molecular flexibility index (Phi) is 5.45. The number of aryl methyl sites for hydroxylation is 1. The summed E-state index contributed by atoms with van der Waals surface area (Å²) < 4.78 is 25.0. The van der Waals surface area contributed by atoms with E-state index in [4.69, 9.17) is 0 Å². The van der Waals surface area contributed by atoms with Crippen molar-refractivity contribution in [2.24, 2.45) is 0 Å².